The summed E-state index contributed by atoms with van der Waals surface area (Å²) in [5, 5.41) is 1.01. The maximum atomic E-state index is 3.55. The summed E-state index contributed by atoms with van der Waals surface area (Å²) < 4.78 is 0. The molecule has 0 unspecified atom stereocenters. The largest absolute Gasteiger partial charge is 0.0876 e. The molecular formula is C11H13Br. The topological polar surface area (TPSA) is 0 Å². The van der Waals surface area contributed by atoms with Crippen LogP contribution in [-0.2, 0) is 18.2 Å². The van der Waals surface area contributed by atoms with E-state index in [2.05, 4.69) is 35.0 Å². The van der Waals surface area contributed by atoms with Crippen molar-refractivity contribution in [3.05, 3.63) is 34.4 Å². The number of hydrogen-bond acceptors (Lipinski definition) is 0. The zero-order chi connectivity index (χ0) is 8.55. The van der Waals surface area contributed by atoms with Crippen molar-refractivity contribution < 1.29 is 0 Å². The number of halogens is 1. The summed E-state index contributed by atoms with van der Waals surface area (Å²) >= 11 is 3.55. The van der Waals surface area contributed by atoms with Gasteiger partial charge in [-0.2, -0.15) is 0 Å². The summed E-state index contributed by atoms with van der Waals surface area (Å²) in [6.45, 7) is 2.19. The lowest BCUT2D eigenvalue weighted by Gasteiger charge is -2.06. The SMILES string of the molecule is Cc1cc(CBr)c2c(c1)CCC2. The number of hydrogen-bond donors (Lipinski definition) is 0. The van der Waals surface area contributed by atoms with Gasteiger partial charge in [-0.25, -0.2) is 0 Å². The molecule has 0 heterocycles. The summed E-state index contributed by atoms with van der Waals surface area (Å²) in [6.07, 6.45) is 3.92. The van der Waals surface area contributed by atoms with Crippen molar-refractivity contribution in [1.29, 1.82) is 0 Å². The first-order valence-corrected chi connectivity index (χ1v) is 5.60. The molecule has 1 aromatic rings. The Morgan fingerprint density at radius 2 is 2.17 bits per heavy atom. The van der Waals surface area contributed by atoms with Crippen molar-refractivity contribution in [1.82, 2.24) is 0 Å². The highest BCUT2D eigenvalue weighted by Gasteiger charge is 2.14. The second-order valence-electron chi connectivity index (χ2n) is 3.55. The zero-order valence-electron chi connectivity index (χ0n) is 7.36. The van der Waals surface area contributed by atoms with Gasteiger partial charge in [0.2, 0.25) is 0 Å². The van der Waals surface area contributed by atoms with Gasteiger partial charge in [-0.1, -0.05) is 33.6 Å². The summed E-state index contributed by atoms with van der Waals surface area (Å²) in [5.74, 6) is 0. The fourth-order valence-electron chi connectivity index (χ4n) is 2.09. The van der Waals surface area contributed by atoms with Crippen molar-refractivity contribution in [2.24, 2.45) is 0 Å². The summed E-state index contributed by atoms with van der Waals surface area (Å²) in [4.78, 5) is 0. The number of aryl methyl sites for hydroxylation is 2. The van der Waals surface area contributed by atoms with Crippen molar-refractivity contribution >= 4 is 15.9 Å². The molecule has 0 aliphatic heterocycles. The maximum absolute atomic E-state index is 3.55. The molecule has 1 heteroatoms. The quantitative estimate of drug-likeness (QED) is 0.642. The van der Waals surface area contributed by atoms with Gasteiger partial charge in [0.15, 0.2) is 0 Å². The van der Waals surface area contributed by atoms with Crippen LogP contribution in [0.5, 0.6) is 0 Å². The molecule has 64 valence electrons. The second kappa shape index (κ2) is 3.21. The highest BCUT2D eigenvalue weighted by atomic mass is 79.9. The van der Waals surface area contributed by atoms with E-state index in [4.69, 9.17) is 0 Å². The van der Waals surface area contributed by atoms with E-state index in [9.17, 15) is 0 Å². The normalized spacial score (nSPS) is 14.8. The van der Waals surface area contributed by atoms with E-state index in [1.165, 1.54) is 30.4 Å². The van der Waals surface area contributed by atoms with Crippen LogP contribution >= 0.6 is 15.9 Å². The molecule has 0 fully saturated rings. The smallest absolute Gasteiger partial charge is 0.0285 e. The van der Waals surface area contributed by atoms with Gasteiger partial charge in [-0.15, -0.1) is 0 Å². The highest BCUT2D eigenvalue weighted by molar-refractivity contribution is 9.08. The van der Waals surface area contributed by atoms with Crippen molar-refractivity contribution in [3.63, 3.8) is 0 Å². The Kier molecular flexibility index (Phi) is 2.22. The second-order valence-corrected chi connectivity index (χ2v) is 4.11. The molecule has 0 spiro atoms. The lowest BCUT2D eigenvalue weighted by atomic mass is 10.0. The molecular weight excluding hydrogens is 212 g/mol. The molecule has 0 saturated carbocycles. The van der Waals surface area contributed by atoms with Crippen LogP contribution in [0.4, 0.5) is 0 Å². The molecule has 1 aliphatic carbocycles. The first-order chi connectivity index (χ1) is 5.81. The summed E-state index contributed by atoms with van der Waals surface area (Å²) in [7, 11) is 0. The van der Waals surface area contributed by atoms with Gasteiger partial charge in [0.05, 0.1) is 0 Å². The molecule has 0 radical (unpaired) electrons. The van der Waals surface area contributed by atoms with Gasteiger partial charge in [0, 0.05) is 5.33 Å². The van der Waals surface area contributed by atoms with Crippen LogP contribution in [0.2, 0.25) is 0 Å². The minimum atomic E-state index is 1.01. The van der Waals surface area contributed by atoms with Gasteiger partial charge in [-0.05, 0) is 42.9 Å². The van der Waals surface area contributed by atoms with E-state index < -0.39 is 0 Å². The predicted octanol–water partition coefficient (Wildman–Crippen LogP) is 3.38. The number of rotatable bonds is 1. The van der Waals surface area contributed by atoms with Crippen LogP contribution in [0, 0.1) is 6.92 Å². The Morgan fingerprint density at radius 3 is 2.92 bits per heavy atom. The molecule has 0 nitrogen and oxygen atoms in total. The predicted molar refractivity (Wildman–Crippen MR) is 55.8 cm³/mol. The van der Waals surface area contributed by atoms with Gasteiger partial charge in [-0.3, -0.25) is 0 Å². The Bertz CT molecular complexity index is 302. The van der Waals surface area contributed by atoms with E-state index in [1.54, 1.807) is 11.1 Å². The average Bonchev–Trinajstić information content (AvgIpc) is 2.50. The molecule has 0 aromatic heterocycles. The van der Waals surface area contributed by atoms with Crippen LogP contribution in [-0.4, -0.2) is 0 Å². The van der Waals surface area contributed by atoms with Crippen LogP contribution < -0.4 is 0 Å². The van der Waals surface area contributed by atoms with Crippen molar-refractivity contribution in [3.8, 4) is 0 Å². The molecule has 0 N–H and O–H groups in total. The molecule has 0 amide bonds. The fraction of sp³-hybridized carbons (Fsp3) is 0.455. The molecule has 1 aromatic carbocycles. The zero-order valence-corrected chi connectivity index (χ0v) is 8.95. The molecule has 0 saturated heterocycles. The first kappa shape index (κ1) is 8.31. The van der Waals surface area contributed by atoms with Crippen LogP contribution in [0.25, 0.3) is 0 Å². The maximum Gasteiger partial charge on any atom is 0.0285 e. The van der Waals surface area contributed by atoms with E-state index in [0.29, 0.717) is 0 Å². The summed E-state index contributed by atoms with van der Waals surface area (Å²) in [6, 6.07) is 4.65. The number of alkyl halides is 1. The van der Waals surface area contributed by atoms with Gasteiger partial charge in [0.1, 0.15) is 0 Å². The Hall–Kier alpha value is -0.300. The Balaban J connectivity index is 2.55. The Morgan fingerprint density at radius 1 is 1.33 bits per heavy atom. The third kappa shape index (κ3) is 1.31. The molecule has 1 aliphatic rings. The number of benzene rings is 1. The minimum Gasteiger partial charge on any atom is -0.0876 e. The summed E-state index contributed by atoms with van der Waals surface area (Å²) in [5.41, 5.74) is 6.11. The minimum absolute atomic E-state index is 1.01. The monoisotopic (exact) mass is 224 g/mol. The van der Waals surface area contributed by atoms with E-state index in [1.807, 2.05) is 0 Å². The van der Waals surface area contributed by atoms with Gasteiger partial charge < -0.3 is 0 Å². The standard InChI is InChI=1S/C11H13Br/c1-8-5-9-3-2-4-11(9)10(6-8)7-12/h5-6H,2-4,7H2,1H3. The molecule has 12 heavy (non-hydrogen) atoms. The Labute approximate surface area is 82.1 Å². The van der Waals surface area contributed by atoms with Crippen LogP contribution in [0.3, 0.4) is 0 Å². The van der Waals surface area contributed by atoms with Gasteiger partial charge in [0.25, 0.3) is 0 Å². The average molecular weight is 225 g/mol. The van der Waals surface area contributed by atoms with Crippen LogP contribution in [0.15, 0.2) is 12.1 Å². The van der Waals surface area contributed by atoms with Gasteiger partial charge >= 0.3 is 0 Å². The molecule has 0 bridgehead atoms. The van der Waals surface area contributed by atoms with E-state index in [0.717, 1.165) is 5.33 Å². The molecule has 2 rings (SSSR count). The van der Waals surface area contributed by atoms with Crippen LogP contribution in [0.1, 0.15) is 28.7 Å². The van der Waals surface area contributed by atoms with E-state index in [-0.39, 0.29) is 0 Å². The fourth-order valence-corrected chi connectivity index (χ4v) is 2.59. The van der Waals surface area contributed by atoms with Crippen molar-refractivity contribution in [2.75, 3.05) is 0 Å². The number of fused-ring (bicyclic) bond motifs is 1. The first-order valence-electron chi connectivity index (χ1n) is 4.48. The van der Waals surface area contributed by atoms with E-state index >= 15 is 0 Å². The lowest BCUT2D eigenvalue weighted by Crippen LogP contribution is -1.91. The highest BCUT2D eigenvalue weighted by Crippen LogP contribution is 2.27. The van der Waals surface area contributed by atoms with Crippen molar-refractivity contribution in [2.45, 2.75) is 31.5 Å². The third-order valence-electron chi connectivity index (χ3n) is 2.60. The third-order valence-corrected chi connectivity index (χ3v) is 3.20. The molecule has 0 atom stereocenters. The lowest BCUT2D eigenvalue weighted by molar-refractivity contribution is 0.909.